The number of carbonyl (C=O) groups is 1. The standard InChI is InChI=1S/C14H12O3/c15-9-12-8-11(6-7-13(12)16)14(17)10-4-2-1-3-5-10/h1-8,15-16H,9H2. The van der Waals surface area contributed by atoms with Crippen LogP contribution in [0.5, 0.6) is 5.75 Å². The third kappa shape index (κ3) is 2.34. The van der Waals surface area contributed by atoms with Gasteiger partial charge in [0.2, 0.25) is 0 Å². The van der Waals surface area contributed by atoms with Crippen LogP contribution >= 0.6 is 0 Å². The third-order valence-corrected chi connectivity index (χ3v) is 2.55. The number of rotatable bonds is 3. The third-order valence-electron chi connectivity index (χ3n) is 2.55. The Morgan fingerprint density at radius 1 is 1.00 bits per heavy atom. The predicted molar refractivity (Wildman–Crippen MR) is 63.9 cm³/mol. The van der Waals surface area contributed by atoms with E-state index in [4.69, 9.17) is 5.11 Å². The van der Waals surface area contributed by atoms with E-state index in [0.29, 0.717) is 16.7 Å². The topological polar surface area (TPSA) is 57.5 Å². The van der Waals surface area contributed by atoms with Crippen LogP contribution in [-0.4, -0.2) is 16.0 Å². The molecule has 0 radical (unpaired) electrons. The van der Waals surface area contributed by atoms with Crippen LogP contribution in [0, 0.1) is 0 Å². The second kappa shape index (κ2) is 4.80. The first-order valence-electron chi connectivity index (χ1n) is 5.25. The van der Waals surface area contributed by atoms with Crippen LogP contribution in [0.15, 0.2) is 48.5 Å². The molecule has 2 aromatic rings. The van der Waals surface area contributed by atoms with Crippen molar-refractivity contribution in [3.63, 3.8) is 0 Å². The van der Waals surface area contributed by atoms with Crippen molar-refractivity contribution in [2.24, 2.45) is 0 Å². The first kappa shape index (κ1) is 11.4. The van der Waals surface area contributed by atoms with Crippen molar-refractivity contribution in [2.75, 3.05) is 0 Å². The number of aromatic hydroxyl groups is 1. The zero-order valence-corrected chi connectivity index (χ0v) is 9.13. The van der Waals surface area contributed by atoms with Gasteiger partial charge in [-0.05, 0) is 18.2 Å². The molecule has 86 valence electrons. The Morgan fingerprint density at radius 2 is 1.71 bits per heavy atom. The van der Waals surface area contributed by atoms with Crippen molar-refractivity contribution >= 4 is 5.78 Å². The van der Waals surface area contributed by atoms with Gasteiger partial charge in [0.05, 0.1) is 6.61 Å². The molecule has 17 heavy (non-hydrogen) atoms. The molecule has 3 heteroatoms. The molecular weight excluding hydrogens is 216 g/mol. The van der Waals surface area contributed by atoms with Crippen molar-refractivity contribution < 1.29 is 15.0 Å². The molecule has 0 amide bonds. The summed E-state index contributed by atoms with van der Waals surface area (Å²) in [5.74, 6) is -0.127. The van der Waals surface area contributed by atoms with Gasteiger partial charge < -0.3 is 10.2 Å². The van der Waals surface area contributed by atoms with Crippen molar-refractivity contribution in [2.45, 2.75) is 6.61 Å². The number of carbonyl (C=O) groups excluding carboxylic acids is 1. The summed E-state index contributed by atoms with van der Waals surface area (Å²) in [6, 6.07) is 13.4. The van der Waals surface area contributed by atoms with E-state index in [1.165, 1.54) is 12.1 Å². The van der Waals surface area contributed by atoms with Gasteiger partial charge in [-0.2, -0.15) is 0 Å². The van der Waals surface area contributed by atoms with Crippen molar-refractivity contribution in [3.8, 4) is 5.75 Å². The van der Waals surface area contributed by atoms with Gasteiger partial charge in [0.25, 0.3) is 0 Å². The number of aliphatic hydroxyl groups excluding tert-OH is 1. The molecule has 0 saturated carbocycles. The molecule has 0 atom stereocenters. The lowest BCUT2D eigenvalue weighted by atomic mass is 10.0. The summed E-state index contributed by atoms with van der Waals surface area (Å²) >= 11 is 0. The zero-order chi connectivity index (χ0) is 12.3. The first-order chi connectivity index (χ1) is 8.22. The molecule has 0 heterocycles. The Kier molecular flexibility index (Phi) is 3.21. The normalized spacial score (nSPS) is 10.2. The molecule has 2 aromatic carbocycles. The molecule has 0 aromatic heterocycles. The highest BCUT2D eigenvalue weighted by Gasteiger charge is 2.10. The molecule has 3 nitrogen and oxygen atoms in total. The van der Waals surface area contributed by atoms with Gasteiger partial charge in [-0.25, -0.2) is 0 Å². The fourth-order valence-corrected chi connectivity index (χ4v) is 1.61. The fourth-order valence-electron chi connectivity index (χ4n) is 1.61. The van der Waals surface area contributed by atoms with Crippen LogP contribution < -0.4 is 0 Å². The van der Waals surface area contributed by atoms with Crippen LogP contribution in [-0.2, 0) is 6.61 Å². The maximum atomic E-state index is 12.1. The highest BCUT2D eigenvalue weighted by Crippen LogP contribution is 2.20. The van der Waals surface area contributed by atoms with E-state index in [2.05, 4.69) is 0 Å². The average Bonchev–Trinajstić information content (AvgIpc) is 2.39. The summed E-state index contributed by atoms with van der Waals surface area (Å²) < 4.78 is 0. The van der Waals surface area contributed by atoms with E-state index in [1.807, 2.05) is 6.07 Å². The van der Waals surface area contributed by atoms with E-state index < -0.39 is 0 Å². The van der Waals surface area contributed by atoms with Crippen molar-refractivity contribution in [1.82, 2.24) is 0 Å². The van der Waals surface area contributed by atoms with E-state index >= 15 is 0 Å². The van der Waals surface area contributed by atoms with Crippen LogP contribution in [0.4, 0.5) is 0 Å². The molecule has 0 spiro atoms. The summed E-state index contributed by atoms with van der Waals surface area (Å²) in [4.78, 5) is 12.1. The monoisotopic (exact) mass is 228 g/mol. The zero-order valence-electron chi connectivity index (χ0n) is 9.13. The fraction of sp³-hybridized carbons (Fsp3) is 0.0714. The minimum absolute atomic E-state index is 0.00267. The van der Waals surface area contributed by atoms with Gasteiger partial charge in [-0.1, -0.05) is 30.3 Å². The number of hydrogen-bond donors (Lipinski definition) is 2. The van der Waals surface area contributed by atoms with Gasteiger partial charge in [-0.3, -0.25) is 4.79 Å². The number of ketones is 1. The van der Waals surface area contributed by atoms with Gasteiger partial charge in [-0.15, -0.1) is 0 Å². The summed E-state index contributed by atoms with van der Waals surface area (Å²) in [6.45, 7) is -0.290. The van der Waals surface area contributed by atoms with Crippen molar-refractivity contribution in [1.29, 1.82) is 0 Å². The minimum Gasteiger partial charge on any atom is -0.508 e. The van der Waals surface area contributed by atoms with Crippen LogP contribution in [0.1, 0.15) is 21.5 Å². The molecule has 0 aliphatic carbocycles. The molecule has 0 aliphatic rings. The van der Waals surface area contributed by atoms with Gasteiger partial charge in [0.15, 0.2) is 5.78 Å². The maximum Gasteiger partial charge on any atom is 0.193 e. The van der Waals surface area contributed by atoms with E-state index in [-0.39, 0.29) is 18.1 Å². The molecule has 2 rings (SSSR count). The summed E-state index contributed by atoms with van der Waals surface area (Å²) in [5.41, 5.74) is 1.40. The highest BCUT2D eigenvalue weighted by molar-refractivity contribution is 6.09. The van der Waals surface area contributed by atoms with E-state index in [9.17, 15) is 9.90 Å². The lowest BCUT2D eigenvalue weighted by Crippen LogP contribution is -2.01. The predicted octanol–water partition coefficient (Wildman–Crippen LogP) is 2.12. The SMILES string of the molecule is O=C(c1ccccc1)c1ccc(O)c(CO)c1. The highest BCUT2D eigenvalue weighted by atomic mass is 16.3. The first-order valence-corrected chi connectivity index (χ1v) is 5.25. The van der Waals surface area contributed by atoms with E-state index in [1.54, 1.807) is 30.3 Å². The Morgan fingerprint density at radius 3 is 2.35 bits per heavy atom. The Labute approximate surface area is 99.0 Å². The van der Waals surface area contributed by atoms with Gasteiger partial charge in [0, 0.05) is 16.7 Å². The van der Waals surface area contributed by atoms with Crippen LogP contribution in [0.3, 0.4) is 0 Å². The quantitative estimate of drug-likeness (QED) is 0.791. The van der Waals surface area contributed by atoms with E-state index in [0.717, 1.165) is 0 Å². The Balaban J connectivity index is 2.38. The molecular formula is C14H12O3. The smallest absolute Gasteiger partial charge is 0.193 e. The molecule has 0 unspecified atom stereocenters. The lowest BCUT2D eigenvalue weighted by Gasteiger charge is -2.05. The van der Waals surface area contributed by atoms with Crippen LogP contribution in [0.25, 0.3) is 0 Å². The number of benzene rings is 2. The number of hydrogen-bond acceptors (Lipinski definition) is 3. The average molecular weight is 228 g/mol. The number of aliphatic hydroxyl groups is 1. The largest absolute Gasteiger partial charge is 0.508 e. The summed E-state index contributed by atoms with van der Waals surface area (Å²) in [7, 11) is 0. The second-order valence-corrected chi connectivity index (χ2v) is 3.70. The Hall–Kier alpha value is -2.13. The Bertz CT molecular complexity index is 532. The maximum absolute atomic E-state index is 12.1. The molecule has 0 saturated heterocycles. The minimum atomic E-state index is -0.290. The summed E-state index contributed by atoms with van der Waals surface area (Å²) in [6.07, 6.45) is 0. The lowest BCUT2D eigenvalue weighted by molar-refractivity contribution is 0.103. The number of phenols is 1. The second-order valence-electron chi connectivity index (χ2n) is 3.70. The molecule has 0 fully saturated rings. The van der Waals surface area contributed by atoms with Crippen LogP contribution in [0.2, 0.25) is 0 Å². The molecule has 2 N–H and O–H groups in total. The van der Waals surface area contributed by atoms with Gasteiger partial charge >= 0.3 is 0 Å². The molecule has 0 aliphatic heterocycles. The van der Waals surface area contributed by atoms with Crippen molar-refractivity contribution in [3.05, 3.63) is 65.2 Å². The summed E-state index contributed by atoms with van der Waals surface area (Å²) in [5, 5.41) is 18.4. The van der Waals surface area contributed by atoms with Gasteiger partial charge in [0.1, 0.15) is 5.75 Å². The molecule has 0 bridgehead atoms.